The summed E-state index contributed by atoms with van der Waals surface area (Å²) >= 11 is 0. The van der Waals surface area contributed by atoms with Gasteiger partial charge in [-0.15, -0.1) is 5.10 Å². The Morgan fingerprint density at radius 1 is 1.07 bits per heavy atom. The number of fused-ring (bicyclic) bond motifs is 1. The maximum atomic E-state index is 12.3. The van der Waals surface area contributed by atoms with Gasteiger partial charge in [0, 0.05) is 14.1 Å². The molecule has 0 radical (unpaired) electrons. The van der Waals surface area contributed by atoms with Crippen LogP contribution in [-0.2, 0) is 22.0 Å². The summed E-state index contributed by atoms with van der Waals surface area (Å²) in [5, 5.41) is 8.00. The van der Waals surface area contributed by atoms with Crippen LogP contribution in [0.25, 0.3) is 11.0 Å². The van der Waals surface area contributed by atoms with Gasteiger partial charge in [0.25, 0.3) is 0 Å². The van der Waals surface area contributed by atoms with Crippen LogP contribution in [0.4, 0.5) is 0 Å². The van der Waals surface area contributed by atoms with Crippen LogP contribution in [0.15, 0.2) is 47.4 Å². The summed E-state index contributed by atoms with van der Waals surface area (Å²) in [7, 11) is -0.554. The Balaban J connectivity index is 1.83. The first-order valence-electron chi connectivity index (χ1n) is 8.60. The minimum Gasteiger partial charge on any atom is -0.390 e. The van der Waals surface area contributed by atoms with E-state index in [1.165, 1.54) is 40.9 Å². The molecule has 144 valence electrons. The van der Waals surface area contributed by atoms with Crippen molar-refractivity contribution in [1.29, 1.82) is 0 Å². The van der Waals surface area contributed by atoms with E-state index in [-0.39, 0.29) is 10.3 Å². The standard InChI is InChI=1S/C19H24N4O3S/c1-19(2,3)15-8-6-14(7-9-15)13-26-23-18-12-16(27(24,25)22(4)5)10-11-17(18)20-21-23/h6-12H,13H2,1-5H3. The van der Waals surface area contributed by atoms with Gasteiger partial charge >= 0.3 is 0 Å². The van der Waals surface area contributed by atoms with E-state index in [4.69, 9.17) is 4.84 Å². The number of nitrogens with zero attached hydrogens (tertiary/aromatic N) is 4. The molecule has 7 nitrogen and oxygen atoms in total. The van der Waals surface area contributed by atoms with Crippen LogP contribution in [0.1, 0.15) is 31.9 Å². The summed E-state index contributed by atoms with van der Waals surface area (Å²) in [6.45, 7) is 6.80. The molecular weight excluding hydrogens is 364 g/mol. The smallest absolute Gasteiger partial charge is 0.242 e. The molecule has 3 aromatic rings. The quantitative estimate of drug-likeness (QED) is 0.671. The van der Waals surface area contributed by atoms with Gasteiger partial charge in [-0.3, -0.25) is 0 Å². The molecule has 3 rings (SSSR count). The van der Waals surface area contributed by atoms with Crippen molar-refractivity contribution in [3.8, 4) is 0 Å². The van der Waals surface area contributed by atoms with E-state index in [1.807, 2.05) is 12.1 Å². The van der Waals surface area contributed by atoms with E-state index in [0.717, 1.165) is 5.56 Å². The Morgan fingerprint density at radius 2 is 1.74 bits per heavy atom. The van der Waals surface area contributed by atoms with Gasteiger partial charge in [-0.2, -0.15) is 0 Å². The minimum absolute atomic E-state index is 0.0931. The van der Waals surface area contributed by atoms with E-state index < -0.39 is 10.0 Å². The highest BCUT2D eigenvalue weighted by molar-refractivity contribution is 7.89. The maximum absolute atomic E-state index is 12.3. The highest BCUT2D eigenvalue weighted by atomic mass is 32.2. The van der Waals surface area contributed by atoms with Gasteiger partial charge in [0.05, 0.1) is 4.90 Å². The van der Waals surface area contributed by atoms with Crippen LogP contribution in [0, 0.1) is 0 Å². The van der Waals surface area contributed by atoms with Gasteiger partial charge in [0.2, 0.25) is 10.0 Å². The molecule has 8 heteroatoms. The fourth-order valence-electron chi connectivity index (χ4n) is 2.58. The van der Waals surface area contributed by atoms with Gasteiger partial charge in [-0.25, -0.2) is 12.7 Å². The van der Waals surface area contributed by atoms with Crippen molar-refractivity contribution in [1.82, 2.24) is 19.5 Å². The summed E-state index contributed by atoms with van der Waals surface area (Å²) in [4.78, 5) is 7.17. The molecule has 0 saturated carbocycles. The molecule has 0 saturated heterocycles. The summed E-state index contributed by atoms with van der Waals surface area (Å²) in [6, 6.07) is 12.9. The molecule has 0 aliphatic carbocycles. The molecular formula is C19H24N4O3S. The minimum atomic E-state index is -3.54. The zero-order valence-electron chi connectivity index (χ0n) is 16.2. The number of aromatic nitrogens is 3. The second-order valence-corrected chi connectivity index (χ2v) is 9.77. The van der Waals surface area contributed by atoms with Gasteiger partial charge < -0.3 is 4.84 Å². The molecule has 0 N–H and O–H groups in total. The second-order valence-electron chi connectivity index (χ2n) is 7.62. The van der Waals surface area contributed by atoms with E-state index in [0.29, 0.717) is 17.6 Å². The highest BCUT2D eigenvalue weighted by Gasteiger charge is 2.19. The Labute approximate surface area is 159 Å². The average Bonchev–Trinajstić information content (AvgIpc) is 3.01. The molecule has 1 aromatic heterocycles. The van der Waals surface area contributed by atoms with Crippen LogP contribution >= 0.6 is 0 Å². The van der Waals surface area contributed by atoms with Crippen molar-refractivity contribution in [2.45, 2.75) is 37.7 Å². The summed E-state index contributed by atoms with van der Waals surface area (Å²) in [6.07, 6.45) is 0. The van der Waals surface area contributed by atoms with Gasteiger partial charge in [0.15, 0.2) is 0 Å². The third kappa shape index (κ3) is 3.96. The lowest BCUT2D eigenvalue weighted by Crippen LogP contribution is -2.22. The van der Waals surface area contributed by atoms with Crippen molar-refractivity contribution in [3.63, 3.8) is 0 Å². The van der Waals surface area contributed by atoms with Crippen molar-refractivity contribution in [3.05, 3.63) is 53.6 Å². The fraction of sp³-hybridized carbons (Fsp3) is 0.368. The molecule has 27 heavy (non-hydrogen) atoms. The molecule has 0 aliphatic heterocycles. The topological polar surface area (TPSA) is 77.3 Å². The van der Waals surface area contributed by atoms with E-state index in [1.54, 1.807) is 6.07 Å². The predicted molar refractivity (Wildman–Crippen MR) is 104 cm³/mol. The normalized spacial score (nSPS) is 12.7. The van der Waals surface area contributed by atoms with Crippen LogP contribution in [0.2, 0.25) is 0 Å². The van der Waals surface area contributed by atoms with Crippen molar-refractivity contribution in [2.24, 2.45) is 0 Å². The van der Waals surface area contributed by atoms with Crippen LogP contribution in [-0.4, -0.2) is 42.0 Å². The van der Waals surface area contributed by atoms with Gasteiger partial charge in [0.1, 0.15) is 17.6 Å². The summed E-state index contributed by atoms with van der Waals surface area (Å²) < 4.78 is 25.8. The molecule has 0 spiro atoms. The van der Waals surface area contributed by atoms with Crippen LogP contribution in [0.5, 0.6) is 0 Å². The first-order valence-corrected chi connectivity index (χ1v) is 10.0. The second kappa shape index (κ2) is 6.94. The number of hydrogen-bond acceptors (Lipinski definition) is 5. The van der Waals surface area contributed by atoms with E-state index in [9.17, 15) is 8.42 Å². The van der Waals surface area contributed by atoms with Crippen LogP contribution in [0.3, 0.4) is 0 Å². The lowest BCUT2D eigenvalue weighted by molar-refractivity contribution is 0.0751. The lowest BCUT2D eigenvalue weighted by atomic mass is 9.87. The van der Waals surface area contributed by atoms with Gasteiger partial charge in [-0.05, 0) is 40.0 Å². The zero-order valence-corrected chi connectivity index (χ0v) is 17.0. The van der Waals surface area contributed by atoms with E-state index in [2.05, 4.69) is 43.2 Å². The molecule has 0 bridgehead atoms. The Morgan fingerprint density at radius 3 is 2.33 bits per heavy atom. The Hall–Kier alpha value is -2.45. The zero-order chi connectivity index (χ0) is 19.8. The van der Waals surface area contributed by atoms with Gasteiger partial charge in [-0.1, -0.05) is 49.9 Å². The number of rotatable bonds is 5. The number of hydrogen-bond donors (Lipinski definition) is 0. The first-order chi connectivity index (χ1) is 12.6. The van der Waals surface area contributed by atoms with Crippen molar-refractivity contribution < 1.29 is 13.3 Å². The number of sulfonamides is 1. The predicted octanol–water partition coefficient (Wildman–Crippen LogP) is 2.61. The molecule has 0 fully saturated rings. The first kappa shape index (κ1) is 19.3. The largest absolute Gasteiger partial charge is 0.390 e. The fourth-order valence-corrected chi connectivity index (χ4v) is 3.50. The third-order valence-corrected chi connectivity index (χ3v) is 6.15. The molecule has 0 aliphatic rings. The Kier molecular flexibility index (Phi) is 4.96. The molecule has 0 amide bonds. The number of benzene rings is 2. The van der Waals surface area contributed by atoms with Crippen LogP contribution < -0.4 is 4.84 Å². The van der Waals surface area contributed by atoms with Crippen molar-refractivity contribution >= 4 is 21.1 Å². The maximum Gasteiger partial charge on any atom is 0.242 e. The lowest BCUT2D eigenvalue weighted by Gasteiger charge is -2.19. The van der Waals surface area contributed by atoms with Crippen molar-refractivity contribution in [2.75, 3.05) is 14.1 Å². The molecule has 2 aromatic carbocycles. The monoisotopic (exact) mass is 388 g/mol. The average molecular weight is 388 g/mol. The highest BCUT2D eigenvalue weighted by Crippen LogP contribution is 2.22. The third-order valence-electron chi connectivity index (χ3n) is 4.34. The Bertz CT molecular complexity index is 1050. The summed E-state index contributed by atoms with van der Waals surface area (Å²) in [5.74, 6) is 0. The summed E-state index contributed by atoms with van der Waals surface area (Å²) in [5.41, 5.74) is 3.40. The molecule has 0 unspecified atom stereocenters. The molecule has 0 atom stereocenters. The SMILES string of the molecule is CN(C)S(=O)(=O)c1ccc2nnn(OCc3ccc(C(C)(C)C)cc3)c2c1. The molecule has 1 heterocycles. The van der Waals surface area contributed by atoms with E-state index >= 15 is 0 Å².